The van der Waals surface area contributed by atoms with E-state index in [0.29, 0.717) is 44.5 Å². The monoisotopic (exact) mass is 482 g/mol. The van der Waals surface area contributed by atoms with Crippen molar-refractivity contribution in [2.75, 3.05) is 6.26 Å². The Labute approximate surface area is 198 Å². The van der Waals surface area contributed by atoms with Gasteiger partial charge >= 0.3 is 0 Å². The Morgan fingerprint density at radius 3 is 2.53 bits per heavy atom. The first-order chi connectivity index (χ1) is 15.5. The van der Waals surface area contributed by atoms with E-state index >= 15 is 0 Å². The van der Waals surface area contributed by atoms with Crippen LogP contribution in [0.25, 0.3) is 34.0 Å². The van der Waals surface area contributed by atoms with Crippen LogP contribution in [0.2, 0.25) is 10.0 Å². The van der Waals surface area contributed by atoms with Crippen molar-refractivity contribution in [2.45, 2.75) is 11.8 Å². The summed E-state index contributed by atoms with van der Waals surface area (Å²) in [4.78, 5) is 13.4. The summed E-state index contributed by atoms with van der Waals surface area (Å²) in [6.07, 6.45) is 9.07. The molecule has 2 N–H and O–H groups in total. The molecule has 9 heteroatoms. The predicted molar refractivity (Wildman–Crippen MR) is 127 cm³/mol. The number of imidazole rings is 1. The normalized spacial score (nSPS) is 10.8. The third-order valence-corrected chi connectivity index (χ3v) is 5.88. The number of nitrogens with zero attached hydrogens (tertiary/aromatic N) is 4. The molecule has 0 saturated carbocycles. The van der Waals surface area contributed by atoms with E-state index in [-0.39, 0.29) is 22.5 Å². The Kier molecular flexibility index (Phi) is 6.40. The number of aliphatic hydroxyl groups is 1. The molecule has 0 aliphatic rings. The number of hydrogen-bond donors (Lipinski definition) is 2. The summed E-state index contributed by atoms with van der Waals surface area (Å²) >= 11 is 14.3. The van der Waals surface area contributed by atoms with Gasteiger partial charge in [-0.1, -0.05) is 53.0 Å². The van der Waals surface area contributed by atoms with Gasteiger partial charge in [0.15, 0.2) is 11.0 Å². The summed E-state index contributed by atoms with van der Waals surface area (Å²) in [5.74, 6) is 2.73. The molecular formula is C23H16Cl2N4O2S. The lowest BCUT2D eigenvalue weighted by Crippen LogP contribution is -1.99. The second-order valence-electron chi connectivity index (χ2n) is 6.69. The molecule has 32 heavy (non-hydrogen) atoms. The van der Waals surface area contributed by atoms with Gasteiger partial charge in [-0.3, -0.25) is 0 Å². The van der Waals surface area contributed by atoms with Crippen molar-refractivity contribution in [1.82, 2.24) is 19.7 Å². The van der Waals surface area contributed by atoms with Gasteiger partial charge in [-0.05, 0) is 42.2 Å². The van der Waals surface area contributed by atoms with Gasteiger partial charge in [0.25, 0.3) is 0 Å². The molecule has 0 aliphatic heterocycles. The van der Waals surface area contributed by atoms with Crippen molar-refractivity contribution < 1.29 is 10.3 Å². The highest BCUT2D eigenvalue weighted by Crippen LogP contribution is 2.40. The fourth-order valence-corrected chi connectivity index (χ4v) is 4.33. The summed E-state index contributed by atoms with van der Waals surface area (Å²) in [5, 5.41) is 21.7. The molecule has 0 spiro atoms. The highest BCUT2D eigenvalue weighted by molar-refractivity contribution is 7.98. The van der Waals surface area contributed by atoms with Crippen LogP contribution in [0.15, 0.2) is 53.8 Å². The average molecular weight is 483 g/mol. The van der Waals surface area contributed by atoms with Crippen LogP contribution in [0.1, 0.15) is 11.1 Å². The number of terminal acetylenes is 1. The van der Waals surface area contributed by atoms with Gasteiger partial charge in [-0.15, -0.1) is 6.42 Å². The molecule has 6 nitrogen and oxygen atoms in total. The summed E-state index contributed by atoms with van der Waals surface area (Å²) in [6, 6.07) is 12.0. The Hall–Kier alpha value is -3.02. The van der Waals surface area contributed by atoms with Gasteiger partial charge in [-0.25, -0.2) is 15.0 Å². The molecule has 0 bridgehead atoms. The zero-order chi connectivity index (χ0) is 22.8. The number of aromatic nitrogens is 4. The molecule has 0 unspecified atom stereocenters. The minimum absolute atomic E-state index is 0.130. The van der Waals surface area contributed by atoms with E-state index in [1.807, 2.05) is 12.3 Å². The predicted octanol–water partition coefficient (Wildman–Crippen LogP) is 5.41. The molecule has 0 atom stereocenters. The van der Waals surface area contributed by atoms with Crippen molar-refractivity contribution in [3.63, 3.8) is 0 Å². The second kappa shape index (κ2) is 9.23. The van der Waals surface area contributed by atoms with E-state index in [1.54, 1.807) is 42.6 Å². The highest BCUT2D eigenvalue weighted by Gasteiger charge is 2.25. The topological polar surface area (TPSA) is 84.1 Å². The van der Waals surface area contributed by atoms with E-state index < -0.39 is 0 Å². The van der Waals surface area contributed by atoms with E-state index in [0.717, 1.165) is 4.73 Å². The summed E-state index contributed by atoms with van der Waals surface area (Å²) in [6.45, 7) is -0.221. The largest absolute Gasteiger partial charge is 0.426 e. The van der Waals surface area contributed by atoms with Crippen LogP contribution >= 0.6 is 35.0 Å². The molecule has 2 aromatic carbocycles. The number of halogens is 2. The van der Waals surface area contributed by atoms with Crippen LogP contribution in [-0.4, -0.2) is 36.3 Å². The van der Waals surface area contributed by atoms with Gasteiger partial charge in [-0.2, -0.15) is 4.73 Å². The Balaban J connectivity index is 2.03. The number of aliphatic hydroxyl groups excluding tert-OH is 1. The molecule has 2 heterocycles. The summed E-state index contributed by atoms with van der Waals surface area (Å²) in [5.41, 5.74) is 3.45. The first-order valence-corrected chi connectivity index (χ1v) is 11.3. The maximum Gasteiger partial charge on any atom is 0.187 e. The molecular weight excluding hydrogens is 467 g/mol. The Bertz CT molecular complexity index is 1340. The van der Waals surface area contributed by atoms with Crippen LogP contribution in [0.4, 0.5) is 0 Å². The standard InChI is InChI=1S/C23H16Cl2N4O2S/c1-3-13-5-4-6-15(9-13)21-20(18-7-8-26-23(27-18)32-2)28-22(29(21)31)19-16(24)10-14(12-30)11-17(19)25/h1,4-11,30-31H,12H2,2H3. The van der Waals surface area contributed by atoms with Crippen LogP contribution in [0, 0.1) is 12.3 Å². The van der Waals surface area contributed by atoms with E-state index in [2.05, 4.69) is 20.9 Å². The van der Waals surface area contributed by atoms with Crippen LogP contribution in [0.5, 0.6) is 0 Å². The fourth-order valence-electron chi connectivity index (χ4n) is 3.27. The molecule has 0 radical (unpaired) electrons. The van der Waals surface area contributed by atoms with Crippen LogP contribution < -0.4 is 0 Å². The Morgan fingerprint density at radius 1 is 1.12 bits per heavy atom. The lowest BCUT2D eigenvalue weighted by molar-refractivity contribution is 0.195. The number of rotatable bonds is 5. The first kappa shape index (κ1) is 22.2. The van der Waals surface area contributed by atoms with Crippen molar-refractivity contribution in [1.29, 1.82) is 0 Å². The highest BCUT2D eigenvalue weighted by atomic mass is 35.5. The molecule has 0 amide bonds. The smallest absolute Gasteiger partial charge is 0.187 e. The molecule has 0 aliphatic carbocycles. The third-order valence-electron chi connectivity index (χ3n) is 4.72. The van der Waals surface area contributed by atoms with Gasteiger partial charge in [0, 0.05) is 17.3 Å². The van der Waals surface area contributed by atoms with Gasteiger partial charge < -0.3 is 10.3 Å². The quantitative estimate of drug-likeness (QED) is 0.171. The fraction of sp³-hybridized carbons (Fsp3) is 0.0870. The van der Waals surface area contributed by atoms with Crippen molar-refractivity contribution in [3.05, 3.63) is 69.8 Å². The maximum atomic E-state index is 11.2. The molecule has 0 saturated heterocycles. The van der Waals surface area contributed by atoms with Crippen molar-refractivity contribution in [2.24, 2.45) is 0 Å². The zero-order valence-corrected chi connectivity index (χ0v) is 19.1. The van der Waals surface area contributed by atoms with E-state index in [4.69, 9.17) is 29.6 Å². The van der Waals surface area contributed by atoms with Gasteiger partial charge in [0.05, 0.1) is 27.9 Å². The number of benzene rings is 2. The van der Waals surface area contributed by atoms with Crippen LogP contribution in [-0.2, 0) is 6.61 Å². The van der Waals surface area contributed by atoms with Gasteiger partial charge in [0.1, 0.15) is 11.4 Å². The molecule has 0 fully saturated rings. The van der Waals surface area contributed by atoms with Gasteiger partial charge in [0.2, 0.25) is 0 Å². The van der Waals surface area contributed by atoms with E-state index in [9.17, 15) is 10.3 Å². The zero-order valence-electron chi connectivity index (χ0n) is 16.8. The minimum Gasteiger partial charge on any atom is -0.426 e. The number of hydrogen-bond acceptors (Lipinski definition) is 6. The third kappa shape index (κ3) is 4.06. The maximum absolute atomic E-state index is 11.2. The lowest BCUT2D eigenvalue weighted by Gasteiger charge is -2.10. The molecule has 4 aromatic rings. The van der Waals surface area contributed by atoms with Crippen LogP contribution in [0.3, 0.4) is 0 Å². The molecule has 2 aromatic heterocycles. The Morgan fingerprint density at radius 2 is 1.88 bits per heavy atom. The van der Waals surface area contributed by atoms with E-state index in [1.165, 1.54) is 11.8 Å². The minimum atomic E-state index is -0.221. The SMILES string of the molecule is C#Cc1cccc(-c2c(-c3ccnc(SC)n3)nc(-c3c(Cl)cc(CO)cc3Cl)n2O)c1. The molecule has 4 rings (SSSR count). The lowest BCUT2D eigenvalue weighted by atomic mass is 10.1. The average Bonchev–Trinajstić information content (AvgIpc) is 3.15. The van der Waals surface area contributed by atoms with Crippen molar-refractivity contribution in [3.8, 4) is 46.4 Å². The number of thioether (sulfide) groups is 1. The summed E-state index contributed by atoms with van der Waals surface area (Å²) < 4.78 is 0.928. The summed E-state index contributed by atoms with van der Waals surface area (Å²) in [7, 11) is 0. The van der Waals surface area contributed by atoms with Crippen molar-refractivity contribution >= 4 is 35.0 Å². The second-order valence-corrected chi connectivity index (χ2v) is 8.28. The molecule has 160 valence electrons. The first-order valence-electron chi connectivity index (χ1n) is 9.32.